The van der Waals surface area contributed by atoms with Gasteiger partial charge in [-0.05, 0) is 38.3 Å². The predicted octanol–water partition coefficient (Wildman–Crippen LogP) is 4.27. The third-order valence-corrected chi connectivity index (χ3v) is 6.03. The Kier molecular flexibility index (Phi) is 5.70. The SMILES string of the molecule is C#C[C@@H](Nc1nc(C)nc2cc(=O)n(C3(C)CCOC3)cc12)c1cccc(C(F)F)c1C. The van der Waals surface area contributed by atoms with Gasteiger partial charge < -0.3 is 14.6 Å². The fourth-order valence-corrected chi connectivity index (χ4v) is 4.16. The molecular weight excluding hydrogens is 414 g/mol. The first-order valence-electron chi connectivity index (χ1n) is 10.3. The molecule has 32 heavy (non-hydrogen) atoms. The third kappa shape index (κ3) is 3.84. The van der Waals surface area contributed by atoms with E-state index in [9.17, 15) is 13.6 Å². The average molecular weight is 438 g/mol. The maximum atomic E-state index is 13.4. The summed E-state index contributed by atoms with van der Waals surface area (Å²) in [6, 6.07) is 5.47. The molecule has 0 radical (unpaired) electrons. The highest BCUT2D eigenvalue weighted by atomic mass is 19.3. The number of fused-ring (bicyclic) bond motifs is 1. The topological polar surface area (TPSA) is 69.0 Å². The van der Waals surface area contributed by atoms with Gasteiger partial charge in [0.15, 0.2) is 0 Å². The van der Waals surface area contributed by atoms with Crippen LogP contribution < -0.4 is 10.9 Å². The first kappa shape index (κ1) is 21.9. The van der Waals surface area contributed by atoms with E-state index in [0.717, 1.165) is 0 Å². The molecule has 0 amide bonds. The lowest BCUT2D eigenvalue weighted by atomic mass is 9.97. The second-order valence-corrected chi connectivity index (χ2v) is 8.31. The molecule has 6 nitrogen and oxygen atoms in total. The molecule has 1 fully saturated rings. The molecule has 1 aliphatic rings. The van der Waals surface area contributed by atoms with Gasteiger partial charge in [0.1, 0.15) is 17.7 Å². The van der Waals surface area contributed by atoms with Gasteiger partial charge in [0.25, 0.3) is 12.0 Å². The number of terminal acetylenes is 1. The van der Waals surface area contributed by atoms with E-state index in [1.165, 1.54) is 12.1 Å². The Morgan fingerprint density at radius 1 is 1.28 bits per heavy atom. The van der Waals surface area contributed by atoms with E-state index in [1.54, 1.807) is 36.7 Å². The van der Waals surface area contributed by atoms with Gasteiger partial charge in [0, 0.05) is 24.4 Å². The number of pyridine rings is 1. The second kappa shape index (κ2) is 8.32. The number of aryl methyl sites for hydroxylation is 1. The van der Waals surface area contributed by atoms with Gasteiger partial charge in [-0.1, -0.05) is 24.1 Å². The van der Waals surface area contributed by atoms with Crippen LogP contribution in [-0.2, 0) is 10.3 Å². The van der Waals surface area contributed by atoms with E-state index in [1.807, 2.05) is 6.92 Å². The minimum Gasteiger partial charge on any atom is -0.379 e. The third-order valence-electron chi connectivity index (χ3n) is 6.03. The number of ether oxygens (including phenoxy) is 1. The van der Waals surface area contributed by atoms with Gasteiger partial charge in [-0.3, -0.25) is 4.79 Å². The summed E-state index contributed by atoms with van der Waals surface area (Å²) in [6.45, 7) is 6.33. The Hall–Kier alpha value is -3.31. The second-order valence-electron chi connectivity index (χ2n) is 8.31. The molecule has 0 aliphatic carbocycles. The number of hydrogen-bond donors (Lipinski definition) is 1. The van der Waals surface area contributed by atoms with Gasteiger partial charge in [-0.25, -0.2) is 18.7 Å². The highest BCUT2D eigenvalue weighted by Gasteiger charge is 2.33. The van der Waals surface area contributed by atoms with Gasteiger partial charge >= 0.3 is 0 Å². The lowest BCUT2D eigenvalue weighted by Gasteiger charge is -2.26. The Labute approximate surface area is 184 Å². The van der Waals surface area contributed by atoms with Crippen LogP contribution in [0.25, 0.3) is 10.9 Å². The van der Waals surface area contributed by atoms with Gasteiger partial charge in [0.2, 0.25) is 0 Å². The maximum Gasteiger partial charge on any atom is 0.264 e. The van der Waals surface area contributed by atoms with E-state index < -0.39 is 18.0 Å². The number of nitrogens with one attached hydrogen (secondary N) is 1. The van der Waals surface area contributed by atoms with Crippen molar-refractivity contribution in [3.8, 4) is 12.3 Å². The highest BCUT2D eigenvalue weighted by Crippen LogP contribution is 2.32. The quantitative estimate of drug-likeness (QED) is 0.603. The molecular formula is C24H24F2N4O2. The average Bonchev–Trinajstić information content (AvgIpc) is 3.18. The maximum absolute atomic E-state index is 13.4. The number of anilines is 1. The zero-order valence-electron chi connectivity index (χ0n) is 18.2. The summed E-state index contributed by atoms with van der Waals surface area (Å²) in [5, 5.41) is 3.82. The van der Waals surface area contributed by atoms with Crippen LogP contribution >= 0.6 is 0 Å². The van der Waals surface area contributed by atoms with Crippen molar-refractivity contribution in [2.45, 2.75) is 45.2 Å². The van der Waals surface area contributed by atoms with E-state index in [2.05, 4.69) is 21.2 Å². The summed E-state index contributed by atoms with van der Waals surface area (Å²) >= 11 is 0. The molecule has 0 spiro atoms. The molecule has 2 atom stereocenters. The molecule has 1 saturated heterocycles. The Morgan fingerprint density at radius 2 is 2.03 bits per heavy atom. The summed E-state index contributed by atoms with van der Waals surface area (Å²) in [7, 11) is 0. The van der Waals surface area contributed by atoms with E-state index >= 15 is 0 Å². The highest BCUT2D eigenvalue weighted by molar-refractivity contribution is 5.88. The van der Waals surface area contributed by atoms with Crippen LogP contribution in [0.1, 0.15) is 48.3 Å². The zero-order chi connectivity index (χ0) is 23.0. The first-order chi connectivity index (χ1) is 15.2. The molecule has 0 saturated carbocycles. The van der Waals surface area contributed by atoms with Gasteiger partial charge in [0.05, 0.1) is 23.0 Å². The lowest BCUT2D eigenvalue weighted by Crippen LogP contribution is -2.38. The van der Waals surface area contributed by atoms with Crippen molar-refractivity contribution in [2.24, 2.45) is 0 Å². The zero-order valence-corrected chi connectivity index (χ0v) is 18.2. The number of halogens is 2. The molecule has 166 valence electrons. The lowest BCUT2D eigenvalue weighted by molar-refractivity contribution is 0.150. The molecule has 3 aromatic rings. The first-order valence-corrected chi connectivity index (χ1v) is 10.3. The van der Waals surface area contributed by atoms with Crippen molar-refractivity contribution in [3.05, 3.63) is 63.3 Å². The smallest absolute Gasteiger partial charge is 0.264 e. The Bertz CT molecular complexity index is 1270. The summed E-state index contributed by atoms with van der Waals surface area (Å²) in [4.78, 5) is 21.7. The molecule has 1 aromatic carbocycles. The number of rotatable bonds is 5. The molecule has 2 aromatic heterocycles. The van der Waals surface area contributed by atoms with Crippen molar-refractivity contribution in [2.75, 3.05) is 18.5 Å². The van der Waals surface area contributed by atoms with E-state index in [4.69, 9.17) is 11.2 Å². The van der Waals surface area contributed by atoms with Crippen LogP contribution in [0.15, 0.2) is 35.3 Å². The van der Waals surface area contributed by atoms with Crippen LogP contribution in [0.3, 0.4) is 0 Å². The molecule has 1 aliphatic heterocycles. The standard InChI is InChI=1S/C24H24F2N4O2/c1-5-19(16-7-6-8-17(14(16)2)22(25)26)29-23-18-12-30(24(4)9-10-32-13-24)21(31)11-20(18)27-15(3)28-23/h1,6-8,11-12,19,22H,9-10,13H2,2-4H3,(H,27,28,29)/t19-,24?/m1/s1. The largest absolute Gasteiger partial charge is 0.379 e. The monoisotopic (exact) mass is 438 g/mol. The van der Waals surface area contributed by atoms with Crippen molar-refractivity contribution in [3.63, 3.8) is 0 Å². The number of benzene rings is 1. The molecule has 4 rings (SSSR count). The van der Waals surface area contributed by atoms with Crippen LogP contribution in [0.5, 0.6) is 0 Å². The number of aromatic nitrogens is 3. The fourth-order valence-electron chi connectivity index (χ4n) is 4.16. The van der Waals surface area contributed by atoms with E-state index in [0.29, 0.717) is 53.3 Å². The molecule has 0 bridgehead atoms. The predicted molar refractivity (Wildman–Crippen MR) is 119 cm³/mol. The van der Waals surface area contributed by atoms with Crippen molar-refractivity contribution >= 4 is 16.7 Å². The van der Waals surface area contributed by atoms with Crippen LogP contribution in [0, 0.1) is 26.2 Å². The van der Waals surface area contributed by atoms with Crippen molar-refractivity contribution < 1.29 is 13.5 Å². The van der Waals surface area contributed by atoms with Crippen molar-refractivity contribution in [1.82, 2.24) is 14.5 Å². The number of hydrogen-bond acceptors (Lipinski definition) is 5. The molecule has 1 N–H and O–H groups in total. The molecule has 8 heteroatoms. The van der Waals surface area contributed by atoms with Crippen LogP contribution in [0.2, 0.25) is 0 Å². The number of alkyl halides is 2. The summed E-state index contributed by atoms with van der Waals surface area (Å²) < 4.78 is 34.0. The van der Waals surface area contributed by atoms with E-state index in [-0.39, 0.29) is 11.1 Å². The Balaban J connectivity index is 1.83. The summed E-state index contributed by atoms with van der Waals surface area (Å²) in [5.74, 6) is 3.54. The summed E-state index contributed by atoms with van der Waals surface area (Å²) in [5.41, 5.74) is 0.776. The van der Waals surface area contributed by atoms with Crippen LogP contribution in [0.4, 0.5) is 14.6 Å². The minimum absolute atomic E-state index is 0.0590. The Morgan fingerprint density at radius 3 is 2.69 bits per heavy atom. The van der Waals surface area contributed by atoms with Gasteiger partial charge in [-0.15, -0.1) is 6.42 Å². The molecule has 3 heterocycles. The summed E-state index contributed by atoms with van der Waals surface area (Å²) in [6.07, 6.45) is 5.63. The van der Waals surface area contributed by atoms with Crippen molar-refractivity contribution in [1.29, 1.82) is 0 Å². The van der Waals surface area contributed by atoms with Crippen LogP contribution in [-0.4, -0.2) is 27.7 Å². The molecule has 1 unspecified atom stereocenters. The number of nitrogens with zero attached hydrogens (tertiary/aromatic N) is 3. The normalized spacial score (nSPS) is 19.3. The minimum atomic E-state index is -2.60. The fraction of sp³-hybridized carbons (Fsp3) is 0.375. The van der Waals surface area contributed by atoms with Gasteiger partial charge in [-0.2, -0.15) is 0 Å².